The van der Waals surface area contributed by atoms with Crippen LogP contribution in [0, 0.1) is 6.92 Å². The van der Waals surface area contributed by atoms with Gasteiger partial charge in [0.25, 0.3) is 0 Å². The molecule has 1 fully saturated rings. The fourth-order valence-corrected chi connectivity index (χ4v) is 5.28. The summed E-state index contributed by atoms with van der Waals surface area (Å²) >= 11 is 0. The fraction of sp³-hybridized carbons (Fsp3) is 0.391. The highest BCUT2D eigenvalue weighted by Gasteiger charge is 2.26. The number of ether oxygens (including phenoxy) is 1. The fourth-order valence-electron chi connectivity index (χ4n) is 3.73. The molecule has 9 heteroatoms. The zero-order valence-corrected chi connectivity index (χ0v) is 19.2. The molecule has 0 radical (unpaired) electrons. The summed E-state index contributed by atoms with van der Waals surface area (Å²) in [6.07, 6.45) is 3.91. The van der Waals surface area contributed by atoms with Gasteiger partial charge in [-0.15, -0.1) is 0 Å². The van der Waals surface area contributed by atoms with Crippen LogP contribution in [0.4, 0.5) is 5.69 Å². The van der Waals surface area contributed by atoms with Gasteiger partial charge < -0.3 is 14.6 Å². The van der Waals surface area contributed by atoms with Crippen molar-refractivity contribution < 1.29 is 17.7 Å². The second-order valence-electron chi connectivity index (χ2n) is 7.91. The van der Waals surface area contributed by atoms with E-state index in [1.165, 1.54) is 0 Å². The molecule has 1 saturated heterocycles. The van der Waals surface area contributed by atoms with Crippen LogP contribution in [0.2, 0.25) is 0 Å². The Bertz CT molecular complexity index is 1150. The molecule has 1 aliphatic heterocycles. The first kappa shape index (κ1) is 22.3. The molecule has 4 rings (SSSR count). The lowest BCUT2D eigenvalue weighted by Gasteiger charge is -2.21. The van der Waals surface area contributed by atoms with Gasteiger partial charge in [0.2, 0.25) is 21.7 Å². The van der Waals surface area contributed by atoms with E-state index in [1.807, 2.05) is 31.2 Å². The van der Waals surface area contributed by atoms with E-state index in [0.717, 1.165) is 36.8 Å². The van der Waals surface area contributed by atoms with E-state index in [4.69, 9.17) is 9.26 Å². The van der Waals surface area contributed by atoms with Crippen molar-refractivity contribution >= 4 is 15.7 Å². The molecule has 32 heavy (non-hydrogen) atoms. The minimum atomic E-state index is -3.56. The second-order valence-corrected chi connectivity index (χ2v) is 9.85. The molecule has 0 aliphatic carbocycles. The molecule has 1 aromatic heterocycles. The number of nitrogens with one attached hydrogen (secondary N) is 1. The van der Waals surface area contributed by atoms with Crippen molar-refractivity contribution in [2.45, 2.75) is 44.0 Å². The Balaban J connectivity index is 1.51. The Hall–Kier alpha value is -2.91. The highest BCUT2D eigenvalue weighted by molar-refractivity contribution is 7.89. The van der Waals surface area contributed by atoms with Crippen molar-refractivity contribution in [3.63, 3.8) is 0 Å². The second kappa shape index (κ2) is 9.70. The summed E-state index contributed by atoms with van der Waals surface area (Å²) in [5.74, 6) is 1.44. The molecule has 0 saturated carbocycles. The number of hydrogen-bond donors (Lipinski definition) is 1. The molecule has 8 nitrogen and oxygen atoms in total. The van der Waals surface area contributed by atoms with E-state index < -0.39 is 10.0 Å². The molecule has 1 N–H and O–H groups in total. The van der Waals surface area contributed by atoms with Gasteiger partial charge in [-0.1, -0.05) is 47.8 Å². The number of aryl methyl sites for hydroxylation is 1. The zero-order chi connectivity index (χ0) is 22.6. The first-order valence-corrected chi connectivity index (χ1v) is 12.2. The Morgan fingerprint density at radius 1 is 1.06 bits per heavy atom. The molecule has 0 spiro atoms. The maximum absolute atomic E-state index is 13.2. The van der Waals surface area contributed by atoms with E-state index in [0.29, 0.717) is 36.2 Å². The van der Waals surface area contributed by atoms with Crippen molar-refractivity contribution in [1.82, 2.24) is 14.4 Å². The van der Waals surface area contributed by atoms with E-state index >= 15 is 0 Å². The zero-order valence-electron chi connectivity index (χ0n) is 18.4. The quantitative estimate of drug-likeness (QED) is 0.568. The number of methoxy groups -OCH3 is 1. The predicted molar refractivity (Wildman–Crippen MR) is 122 cm³/mol. The number of aromatic nitrogens is 2. The first-order chi connectivity index (χ1) is 15.5. The highest BCUT2D eigenvalue weighted by atomic mass is 32.2. The molecule has 0 amide bonds. The minimum Gasteiger partial charge on any atom is -0.495 e. The van der Waals surface area contributed by atoms with Crippen LogP contribution in [0.5, 0.6) is 5.75 Å². The van der Waals surface area contributed by atoms with Crippen LogP contribution in [-0.2, 0) is 16.6 Å². The SMILES string of the molecule is COc1ccc(S(=O)(=O)N2CCCCCC2)cc1NCc1nc(-c2ccc(C)cc2)no1. The van der Waals surface area contributed by atoms with Crippen LogP contribution < -0.4 is 10.1 Å². The monoisotopic (exact) mass is 456 g/mol. The summed E-state index contributed by atoms with van der Waals surface area (Å²) in [5, 5.41) is 7.22. The third kappa shape index (κ3) is 4.94. The van der Waals surface area contributed by atoms with E-state index in [2.05, 4.69) is 15.5 Å². The Kier molecular flexibility index (Phi) is 6.76. The number of benzene rings is 2. The van der Waals surface area contributed by atoms with Gasteiger partial charge in [0, 0.05) is 18.7 Å². The van der Waals surface area contributed by atoms with Gasteiger partial charge >= 0.3 is 0 Å². The van der Waals surface area contributed by atoms with Crippen molar-refractivity contribution in [2.24, 2.45) is 0 Å². The smallest absolute Gasteiger partial charge is 0.246 e. The molecule has 0 bridgehead atoms. The normalized spacial score (nSPS) is 15.3. The van der Waals surface area contributed by atoms with Crippen LogP contribution in [0.1, 0.15) is 37.1 Å². The number of anilines is 1. The third-order valence-electron chi connectivity index (χ3n) is 5.58. The molecule has 0 atom stereocenters. The number of hydrogen-bond acceptors (Lipinski definition) is 7. The standard InChI is InChI=1S/C23H28N4O4S/c1-17-7-9-18(10-8-17)23-25-22(31-26-23)16-24-20-15-19(11-12-21(20)30-2)32(28,29)27-13-5-3-4-6-14-27/h7-12,15,24H,3-6,13-14,16H2,1-2H3. The minimum absolute atomic E-state index is 0.239. The third-order valence-corrected chi connectivity index (χ3v) is 7.48. The summed E-state index contributed by atoms with van der Waals surface area (Å²) in [6, 6.07) is 12.7. The van der Waals surface area contributed by atoms with E-state index in [9.17, 15) is 8.42 Å². The Morgan fingerprint density at radius 3 is 2.47 bits per heavy atom. The summed E-state index contributed by atoms with van der Waals surface area (Å²) < 4.78 is 38.7. The van der Waals surface area contributed by atoms with Crippen molar-refractivity contribution in [2.75, 3.05) is 25.5 Å². The van der Waals surface area contributed by atoms with Crippen LogP contribution in [-0.4, -0.2) is 43.1 Å². The van der Waals surface area contributed by atoms with E-state index in [-0.39, 0.29) is 11.4 Å². The summed E-state index contributed by atoms with van der Waals surface area (Å²) in [5.41, 5.74) is 2.58. The van der Waals surface area contributed by atoms with Crippen LogP contribution in [0.3, 0.4) is 0 Å². The largest absolute Gasteiger partial charge is 0.495 e. The molecule has 2 heterocycles. The van der Waals surface area contributed by atoms with Gasteiger partial charge in [-0.3, -0.25) is 0 Å². The van der Waals surface area contributed by atoms with Crippen molar-refractivity contribution in [3.8, 4) is 17.1 Å². The molecule has 3 aromatic rings. The van der Waals surface area contributed by atoms with Crippen LogP contribution in [0.25, 0.3) is 11.4 Å². The summed E-state index contributed by atoms with van der Waals surface area (Å²) in [6.45, 7) is 3.37. The lowest BCUT2D eigenvalue weighted by Crippen LogP contribution is -2.32. The van der Waals surface area contributed by atoms with E-state index in [1.54, 1.807) is 29.6 Å². The number of nitrogens with zero attached hydrogens (tertiary/aromatic N) is 3. The van der Waals surface area contributed by atoms with Gasteiger partial charge in [0.05, 0.1) is 24.2 Å². The number of sulfonamides is 1. The van der Waals surface area contributed by atoms with Gasteiger partial charge in [-0.05, 0) is 38.0 Å². The van der Waals surface area contributed by atoms with Crippen molar-refractivity contribution in [1.29, 1.82) is 0 Å². The molecule has 170 valence electrons. The van der Waals surface area contributed by atoms with Gasteiger partial charge in [-0.25, -0.2) is 8.42 Å². The first-order valence-electron chi connectivity index (χ1n) is 10.8. The molecule has 0 unspecified atom stereocenters. The van der Waals surface area contributed by atoms with Gasteiger partial charge in [0.15, 0.2) is 0 Å². The lowest BCUT2D eigenvalue weighted by atomic mass is 10.1. The molecular weight excluding hydrogens is 428 g/mol. The maximum Gasteiger partial charge on any atom is 0.246 e. The average Bonchev–Trinajstić information content (AvgIpc) is 3.09. The van der Waals surface area contributed by atoms with Gasteiger partial charge in [0.1, 0.15) is 5.75 Å². The number of rotatable bonds is 7. The van der Waals surface area contributed by atoms with Gasteiger partial charge in [-0.2, -0.15) is 9.29 Å². The van der Waals surface area contributed by atoms with Crippen molar-refractivity contribution in [3.05, 3.63) is 53.9 Å². The maximum atomic E-state index is 13.2. The Morgan fingerprint density at radius 2 is 1.78 bits per heavy atom. The highest BCUT2D eigenvalue weighted by Crippen LogP contribution is 2.30. The predicted octanol–water partition coefficient (Wildman–Crippen LogP) is 4.23. The van der Waals surface area contributed by atoms with Crippen LogP contribution in [0.15, 0.2) is 51.9 Å². The topological polar surface area (TPSA) is 97.6 Å². The lowest BCUT2D eigenvalue weighted by molar-refractivity contribution is 0.383. The average molecular weight is 457 g/mol. The summed E-state index contributed by atoms with van der Waals surface area (Å²) in [7, 11) is -2.02. The van der Waals surface area contributed by atoms with Crippen LogP contribution >= 0.6 is 0 Å². The summed E-state index contributed by atoms with van der Waals surface area (Å²) in [4.78, 5) is 4.67. The Labute approximate surface area is 188 Å². The molecule has 2 aromatic carbocycles. The molecular formula is C23H28N4O4S. The molecule has 1 aliphatic rings.